The van der Waals surface area contributed by atoms with E-state index < -0.39 is 0 Å². The van der Waals surface area contributed by atoms with Crippen molar-refractivity contribution in [2.24, 2.45) is 5.92 Å². The van der Waals surface area contributed by atoms with Crippen molar-refractivity contribution >= 4 is 0 Å². The Morgan fingerprint density at radius 3 is 2.32 bits per heavy atom. The van der Waals surface area contributed by atoms with Gasteiger partial charge in [-0.2, -0.15) is 0 Å². The minimum Gasteiger partial charge on any atom is -0.396 e. The largest absolute Gasteiger partial charge is 0.396 e. The predicted octanol–water partition coefficient (Wildman–Crippen LogP) is 3.13. The van der Waals surface area contributed by atoms with E-state index in [0.717, 1.165) is 25.9 Å². The second-order valence-corrected chi connectivity index (χ2v) is 6.43. The Morgan fingerprint density at radius 2 is 1.79 bits per heavy atom. The first-order valence-electron chi connectivity index (χ1n) is 7.36. The Kier molecular flexibility index (Phi) is 6.53. The summed E-state index contributed by atoms with van der Waals surface area (Å²) in [5.74, 6) is 0.707. The van der Waals surface area contributed by atoms with Gasteiger partial charge in [-0.3, -0.25) is 0 Å². The van der Waals surface area contributed by atoms with Gasteiger partial charge >= 0.3 is 0 Å². The second-order valence-electron chi connectivity index (χ2n) is 6.43. The highest BCUT2D eigenvalue weighted by molar-refractivity contribution is 5.28. The zero-order chi connectivity index (χ0) is 14.3. The van der Waals surface area contributed by atoms with Crippen molar-refractivity contribution in [2.45, 2.75) is 46.0 Å². The maximum atomic E-state index is 8.78. The zero-order valence-electron chi connectivity index (χ0n) is 12.9. The standard InChI is InChI=1S/C17H29NO/c1-14(2)12-15-6-8-16(9-7-15)17(3,4)13-18-10-5-11-19/h6-9,14,18-19H,5,10-13H2,1-4H3. The lowest BCUT2D eigenvalue weighted by atomic mass is 9.84. The van der Waals surface area contributed by atoms with E-state index in [4.69, 9.17) is 5.11 Å². The smallest absolute Gasteiger partial charge is 0.0443 e. The number of benzene rings is 1. The molecule has 0 aliphatic rings. The zero-order valence-corrected chi connectivity index (χ0v) is 12.9. The molecule has 1 aromatic carbocycles. The summed E-state index contributed by atoms with van der Waals surface area (Å²) in [5, 5.41) is 12.2. The van der Waals surface area contributed by atoms with Crippen LogP contribution >= 0.6 is 0 Å². The van der Waals surface area contributed by atoms with Crippen molar-refractivity contribution in [1.29, 1.82) is 0 Å². The first-order valence-corrected chi connectivity index (χ1v) is 7.36. The summed E-state index contributed by atoms with van der Waals surface area (Å²) in [6.45, 7) is 11.1. The summed E-state index contributed by atoms with van der Waals surface area (Å²) in [5.41, 5.74) is 2.92. The van der Waals surface area contributed by atoms with E-state index in [1.807, 2.05) is 0 Å². The van der Waals surface area contributed by atoms with Gasteiger partial charge in [-0.15, -0.1) is 0 Å². The van der Waals surface area contributed by atoms with Gasteiger partial charge in [0.1, 0.15) is 0 Å². The Balaban J connectivity index is 2.57. The van der Waals surface area contributed by atoms with Gasteiger partial charge in [0.2, 0.25) is 0 Å². The van der Waals surface area contributed by atoms with Crippen molar-refractivity contribution in [3.63, 3.8) is 0 Å². The molecule has 0 aromatic heterocycles. The van der Waals surface area contributed by atoms with E-state index in [1.54, 1.807) is 0 Å². The fraction of sp³-hybridized carbons (Fsp3) is 0.647. The molecule has 0 radical (unpaired) electrons. The summed E-state index contributed by atoms with van der Waals surface area (Å²) in [7, 11) is 0. The molecule has 108 valence electrons. The molecule has 19 heavy (non-hydrogen) atoms. The van der Waals surface area contributed by atoms with Crippen LogP contribution in [-0.4, -0.2) is 24.8 Å². The maximum Gasteiger partial charge on any atom is 0.0443 e. The molecule has 1 rings (SSSR count). The Labute approximate surface area is 118 Å². The van der Waals surface area contributed by atoms with Crippen molar-refractivity contribution < 1.29 is 5.11 Å². The number of aliphatic hydroxyl groups is 1. The highest BCUT2D eigenvalue weighted by Gasteiger charge is 2.19. The molecule has 2 nitrogen and oxygen atoms in total. The monoisotopic (exact) mass is 263 g/mol. The van der Waals surface area contributed by atoms with Crippen LogP contribution in [0.15, 0.2) is 24.3 Å². The van der Waals surface area contributed by atoms with E-state index in [-0.39, 0.29) is 12.0 Å². The van der Waals surface area contributed by atoms with Crippen LogP contribution in [-0.2, 0) is 11.8 Å². The quantitative estimate of drug-likeness (QED) is 0.706. The molecule has 0 fully saturated rings. The molecule has 1 aromatic rings. The van der Waals surface area contributed by atoms with E-state index in [9.17, 15) is 0 Å². The average Bonchev–Trinajstić information content (AvgIpc) is 2.35. The van der Waals surface area contributed by atoms with E-state index >= 15 is 0 Å². The van der Waals surface area contributed by atoms with Crippen LogP contribution in [0.3, 0.4) is 0 Å². The van der Waals surface area contributed by atoms with Crippen LogP contribution in [0.5, 0.6) is 0 Å². The number of hydrogen-bond acceptors (Lipinski definition) is 2. The van der Waals surface area contributed by atoms with Crippen molar-refractivity contribution in [1.82, 2.24) is 5.32 Å². The first kappa shape index (κ1) is 16.2. The lowest BCUT2D eigenvalue weighted by Crippen LogP contribution is -2.33. The lowest BCUT2D eigenvalue weighted by molar-refractivity contribution is 0.284. The molecule has 0 amide bonds. The molecule has 0 saturated carbocycles. The highest BCUT2D eigenvalue weighted by Crippen LogP contribution is 2.23. The van der Waals surface area contributed by atoms with Crippen LogP contribution in [0.2, 0.25) is 0 Å². The molecular weight excluding hydrogens is 234 g/mol. The minimum absolute atomic E-state index is 0.131. The van der Waals surface area contributed by atoms with Crippen molar-refractivity contribution in [3.05, 3.63) is 35.4 Å². The molecule has 0 aliphatic heterocycles. The number of rotatable bonds is 8. The van der Waals surface area contributed by atoms with E-state index in [0.29, 0.717) is 5.92 Å². The summed E-state index contributed by atoms with van der Waals surface area (Å²) in [6, 6.07) is 9.02. The number of aliphatic hydroxyl groups excluding tert-OH is 1. The SMILES string of the molecule is CC(C)Cc1ccc(C(C)(C)CNCCCO)cc1. The normalized spacial score (nSPS) is 12.1. The van der Waals surface area contributed by atoms with Gasteiger partial charge in [0.15, 0.2) is 0 Å². The van der Waals surface area contributed by atoms with Gasteiger partial charge in [0, 0.05) is 18.6 Å². The Morgan fingerprint density at radius 1 is 1.16 bits per heavy atom. The molecule has 0 heterocycles. The Hall–Kier alpha value is -0.860. The van der Waals surface area contributed by atoms with Crippen LogP contribution in [0.25, 0.3) is 0 Å². The maximum absolute atomic E-state index is 8.78. The molecule has 2 heteroatoms. The molecule has 0 saturated heterocycles. The first-order chi connectivity index (χ1) is 8.95. The summed E-state index contributed by atoms with van der Waals surface area (Å²) < 4.78 is 0. The van der Waals surface area contributed by atoms with Gasteiger partial charge in [-0.05, 0) is 36.4 Å². The van der Waals surface area contributed by atoms with E-state index in [2.05, 4.69) is 57.3 Å². The van der Waals surface area contributed by atoms with Crippen LogP contribution in [0.1, 0.15) is 45.2 Å². The van der Waals surface area contributed by atoms with Crippen molar-refractivity contribution in [3.8, 4) is 0 Å². The van der Waals surface area contributed by atoms with Gasteiger partial charge in [0.25, 0.3) is 0 Å². The molecule has 0 atom stereocenters. The highest BCUT2D eigenvalue weighted by atomic mass is 16.3. The van der Waals surface area contributed by atoms with Gasteiger partial charge in [-0.1, -0.05) is 52.0 Å². The molecule has 0 bridgehead atoms. The number of nitrogens with one attached hydrogen (secondary N) is 1. The fourth-order valence-electron chi connectivity index (χ4n) is 2.27. The summed E-state index contributed by atoms with van der Waals surface area (Å²) >= 11 is 0. The molecular formula is C17H29NO. The summed E-state index contributed by atoms with van der Waals surface area (Å²) in [4.78, 5) is 0. The molecule has 0 unspecified atom stereocenters. The summed E-state index contributed by atoms with van der Waals surface area (Å²) in [6.07, 6.45) is 1.97. The van der Waals surface area contributed by atoms with Crippen LogP contribution < -0.4 is 5.32 Å². The number of hydrogen-bond donors (Lipinski definition) is 2. The van der Waals surface area contributed by atoms with Gasteiger partial charge in [0.05, 0.1) is 0 Å². The molecule has 0 spiro atoms. The van der Waals surface area contributed by atoms with Crippen LogP contribution in [0.4, 0.5) is 0 Å². The third kappa shape index (κ3) is 5.75. The molecule has 2 N–H and O–H groups in total. The van der Waals surface area contributed by atoms with E-state index in [1.165, 1.54) is 11.1 Å². The fourth-order valence-corrected chi connectivity index (χ4v) is 2.27. The van der Waals surface area contributed by atoms with Crippen LogP contribution in [0, 0.1) is 5.92 Å². The second kappa shape index (κ2) is 7.66. The predicted molar refractivity (Wildman–Crippen MR) is 82.6 cm³/mol. The third-order valence-corrected chi connectivity index (χ3v) is 3.46. The Bertz CT molecular complexity index is 354. The van der Waals surface area contributed by atoms with Crippen molar-refractivity contribution in [2.75, 3.05) is 19.7 Å². The third-order valence-electron chi connectivity index (χ3n) is 3.46. The molecule has 0 aliphatic carbocycles. The minimum atomic E-state index is 0.131. The lowest BCUT2D eigenvalue weighted by Gasteiger charge is -2.26. The average molecular weight is 263 g/mol. The van der Waals surface area contributed by atoms with Gasteiger partial charge < -0.3 is 10.4 Å². The van der Waals surface area contributed by atoms with Gasteiger partial charge in [-0.25, -0.2) is 0 Å². The topological polar surface area (TPSA) is 32.3 Å².